The number of aromatic amines is 1. The van der Waals surface area contributed by atoms with Gasteiger partial charge in [0.1, 0.15) is 23.2 Å². The highest BCUT2D eigenvalue weighted by Gasteiger charge is 2.27. The molecular formula is C25H24ClFN4O6. The molecular weight excluding hydrogens is 507 g/mol. The van der Waals surface area contributed by atoms with E-state index in [-0.39, 0.29) is 30.0 Å². The zero-order chi connectivity index (χ0) is 27.1. The van der Waals surface area contributed by atoms with Gasteiger partial charge in [0.25, 0.3) is 5.91 Å². The van der Waals surface area contributed by atoms with E-state index in [0.29, 0.717) is 21.7 Å². The molecule has 0 aliphatic carbocycles. The number of carbonyl (C=O) groups excluding carboxylic acids is 3. The van der Waals surface area contributed by atoms with Crippen molar-refractivity contribution >= 4 is 35.4 Å². The van der Waals surface area contributed by atoms with Crippen molar-refractivity contribution in [1.29, 1.82) is 0 Å². The van der Waals surface area contributed by atoms with Crippen LogP contribution in [0.15, 0.2) is 48.5 Å². The van der Waals surface area contributed by atoms with Crippen LogP contribution in [0.25, 0.3) is 11.1 Å². The van der Waals surface area contributed by atoms with Crippen LogP contribution in [0.5, 0.6) is 0 Å². The second kappa shape index (κ2) is 12.1. The quantitative estimate of drug-likeness (QED) is 0.292. The predicted molar refractivity (Wildman–Crippen MR) is 132 cm³/mol. The summed E-state index contributed by atoms with van der Waals surface area (Å²) in [5, 5.41) is 21.2. The molecule has 10 nitrogen and oxygen atoms in total. The standard InChI is InChI=1S/C25H24ClFN4O6/c1-13(32)20-12-21(31-30-20)23(33)28-17(11-22(24(34)35)29-25(36)37-2)9-14-3-5-15(6-4-14)18-10-16(26)7-8-19(18)27/h3-8,10,12,17,22H,9,11H2,1-2H3,(H,28,33)(H,29,36)(H,30,31)(H,34,35)/t17?,22-/m1/s1. The normalized spacial score (nSPS) is 12.3. The molecule has 0 radical (unpaired) electrons. The van der Waals surface area contributed by atoms with Crippen molar-refractivity contribution in [2.24, 2.45) is 0 Å². The summed E-state index contributed by atoms with van der Waals surface area (Å²) >= 11 is 5.99. The van der Waals surface area contributed by atoms with E-state index >= 15 is 0 Å². The fraction of sp³-hybridized carbons (Fsp3) is 0.240. The molecule has 0 saturated carbocycles. The fourth-order valence-corrected chi connectivity index (χ4v) is 3.78. The SMILES string of the molecule is COC(=O)N[C@H](CC(Cc1ccc(-c2cc(Cl)ccc2F)cc1)NC(=O)c1cc(C(C)=O)n[nH]1)C(=O)O. The van der Waals surface area contributed by atoms with E-state index in [9.17, 15) is 28.7 Å². The van der Waals surface area contributed by atoms with Crippen LogP contribution in [0, 0.1) is 5.82 Å². The molecule has 37 heavy (non-hydrogen) atoms. The number of H-pyrrole nitrogens is 1. The number of carboxylic acid groups (broad SMARTS) is 1. The summed E-state index contributed by atoms with van der Waals surface area (Å²) in [5.41, 5.74) is 1.68. The minimum Gasteiger partial charge on any atom is -0.480 e. The van der Waals surface area contributed by atoms with Crippen LogP contribution in [0.3, 0.4) is 0 Å². The van der Waals surface area contributed by atoms with Gasteiger partial charge < -0.3 is 20.5 Å². The van der Waals surface area contributed by atoms with E-state index in [1.54, 1.807) is 24.3 Å². The minimum atomic E-state index is -1.37. The first kappa shape index (κ1) is 27.3. The number of rotatable bonds is 10. The van der Waals surface area contributed by atoms with Crippen LogP contribution in [0.1, 0.15) is 39.9 Å². The number of nitrogens with one attached hydrogen (secondary N) is 3. The molecule has 1 heterocycles. The smallest absolute Gasteiger partial charge is 0.407 e. The molecule has 194 valence electrons. The minimum absolute atomic E-state index is 0.00906. The van der Waals surface area contributed by atoms with E-state index in [0.717, 1.165) is 7.11 Å². The number of ketones is 1. The largest absolute Gasteiger partial charge is 0.480 e. The third kappa shape index (κ3) is 7.37. The lowest BCUT2D eigenvalue weighted by molar-refractivity contribution is -0.139. The zero-order valence-corrected chi connectivity index (χ0v) is 20.6. The Kier molecular flexibility index (Phi) is 8.96. The number of alkyl carbamates (subject to hydrolysis) is 1. The number of carbonyl (C=O) groups is 4. The average Bonchev–Trinajstić information content (AvgIpc) is 3.36. The highest BCUT2D eigenvalue weighted by molar-refractivity contribution is 6.30. The summed E-state index contributed by atoms with van der Waals surface area (Å²) in [6.07, 6.45) is -0.955. The summed E-state index contributed by atoms with van der Waals surface area (Å²) in [6.45, 7) is 1.30. The van der Waals surface area contributed by atoms with Crippen molar-refractivity contribution in [3.63, 3.8) is 0 Å². The third-order valence-corrected chi connectivity index (χ3v) is 5.72. The van der Waals surface area contributed by atoms with Gasteiger partial charge in [-0.1, -0.05) is 35.9 Å². The van der Waals surface area contributed by atoms with Gasteiger partial charge in [-0.05, 0) is 48.2 Å². The average molecular weight is 531 g/mol. The first-order valence-corrected chi connectivity index (χ1v) is 11.4. The number of nitrogens with zero attached hydrogens (tertiary/aromatic N) is 1. The number of Topliss-reactive ketones (excluding diaryl/α,β-unsaturated/α-hetero) is 1. The molecule has 1 aromatic heterocycles. The van der Waals surface area contributed by atoms with Gasteiger partial charge in [0.15, 0.2) is 5.78 Å². The summed E-state index contributed by atoms with van der Waals surface area (Å²) in [6, 6.07) is 10.1. The molecule has 12 heteroatoms. The van der Waals surface area contributed by atoms with Crippen molar-refractivity contribution in [2.45, 2.75) is 31.8 Å². The zero-order valence-electron chi connectivity index (χ0n) is 19.9. The van der Waals surface area contributed by atoms with Crippen LogP contribution in [0.4, 0.5) is 9.18 Å². The van der Waals surface area contributed by atoms with Crippen LogP contribution >= 0.6 is 11.6 Å². The molecule has 3 aromatic rings. The van der Waals surface area contributed by atoms with Gasteiger partial charge in [0.05, 0.1) is 7.11 Å². The van der Waals surface area contributed by atoms with Crippen LogP contribution in [0.2, 0.25) is 5.02 Å². The Morgan fingerprint density at radius 2 is 1.81 bits per heavy atom. The number of amides is 2. The predicted octanol–water partition coefficient (Wildman–Crippen LogP) is 3.61. The Bertz CT molecular complexity index is 1310. The van der Waals surface area contributed by atoms with E-state index in [4.69, 9.17) is 11.6 Å². The molecule has 0 saturated heterocycles. The maximum Gasteiger partial charge on any atom is 0.407 e. The third-order valence-electron chi connectivity index (χ3n) is 5.49. The molecule has 2 atom stereocenters. The molecule has 2 amide bonds. The maximum absolute atomic E-state index is 14.2. The van der Waals surface area contributed by atoms with Crippen molar-refractivity contribution in [3.8, 4) is 11.1 Å². The van der Waals surface area contributed by atoms with Gasteiger partial charge in [-0.2, -0.15) is 5.10 Å². The highest BCUT2D eigenvalue weighted by Crippen LogP contribution is 2.26. The molecule has 1 unspecified atom stereocenters. The lowest BCUT2D eigenvalue weighted by atomic mass is 9.96. The Balaban J connectivity index is 1.83. The second-order valence-electron chi connectivity index (χ2n) is 8.18. The maximum atomic E-state index is 14.2. The second-order valence-corrected chi connectivity index (χ2v) is 8.62. The Morgan fingerprint density at radius 3 is 2.41 bits per heavy atom. The number of ether oxygens (including phenoxy) is 1. The number of carboxylic acids is 1. The lowest BCUT2D eigenvalue weighted by Crippen LogP contribution is -2.47. The lowest BCUT2D eigenvalue weighted by Gasteiger charge is -2.23. The monoisotopic (exact) mass is 530 g/mol. The Labute approximate surface area is 216 Å². The number of hydrogen-bond donors (Lipinski definition) is 4. The first-order valence-electron chi connectivity index (χ1n) is 11.1. The van der Waals surface area contributed by atoms with Crippen LogP contribution in [-0.2, 0) is 16.0 Å². The van der Waals surface area contributed by atoms with Crippen molar-refractivity contribution < 1.29 is 33.4 Å². The van der Waals surface area contributed by atoms with Gasteiger partial charge in [-0.3, -0.25) is 14.7 Å². The van der Waals surface area contributed by atoms with Crippen LogP contribution < -0.4 is 10.6 Å². The Morgan fingerprint density at radius 1 is 1.11 bits per heavy atom. The molecule has 2 aromatic carbocycles. The summed E-state index contributed by atoms with van der Waals surface area (Å²) in [7, 11) is 1.10. The van der Waals surface area contributed by atoms with Gasteiger partial charge in [-0.25, -0.2) is 14.0 Å². The highest BCUT2D eigenvalue weighted by atomic mass is 35.5. The van der Waals surface area contributed by atoms with E-state index < -0.39 is 35.9 Å². The van der Waals surface area contributed by atoms with Crippen LogP contribution in [-0.4, -0.2) is 58.3 Å². The van der Waals surface area contributed by atoms with Crippen molar-refractivity contribution in [1.82, 2.24) is 20.8 Å². The van der Waals surface area contributed by atoms with E-state index in [2.05, 4.69) is 25.6 Å². The van der Waals surface area contributed by atoms with Gasteiger partial charge in [0.2, 0.25) is 0 Å². The van der Waals surface area contributed by atoms with Crippen molar-refractivity contribution in [2.75, 3.05) is 7.11 Å². The molecule has 0 bridgehead atoms. The van der Waals surface area contributed by atoms with E-state index in [1.807, 2.05) is 0 Å². The molecule has 0 spiro atoms. The number of benzene rings is 2. The number of methoxy groups -OCH3 is 1. The fourth-order valence-electron chi connectivity index (χ4n) is 3.61. The molecule has 0 fully saturated rings. The summed E-state index contributed by atoms with van der Waals surface area (Å²) in [4.78, 5) is 47.7. The number of aromatic nitrogens is 2. The topological polar surface area (TPSA) is 150 Å². The summed E-state index contributed by atoms with van der Waals surface area (Å²) in [5.74, 6) is -2.72. The van der Waals surface area contributed by atoms with Crippen molar-refractivity contribution in [3.05, 3.63) is 76.3 Å². The number of aliphatic carboxylic acids is 1. The molecule has 3 rings (SSSR count). The molecule has 0 aliphatic rings. The number of halogens is 2. The van der Waals surface area contributed by atoms with Gasteiger partial charge in [0, 0.05) is 23.6 Å². The number of hydrogen-bond acceptors (Lipinski definition) is 6. The molecule has 0 aliphatic heterocycles. The first-order chi connectivity index (χ1) is 17.6. The van der Waals surface area contributed by atoms with E-state index in [1.165, 1.54) is 31.2 Å². The molecule has 4 N–H and O–H groups in total. The Hall–Kier alpha value is -4.25. The van der Waals surface area contributed by atoms with Gasteiger partial charge in [-0.15, -0.1) is 0 Å². The summed E-state index contributed by atoms with van der Waals surface area (Å²) < 4.78 is 18.7. The van der Waals surface area contributed by atoms with Gasteiger partial charge >= 0.3 is 12.1 Å².